The van der Waals surface area contributed by atoms with E-state index in [1.165, 1.54) is 0 Å². The lowest BCUT2D eigenvalue weighted by atomic mass is 9.91. The lowest BCUT2D eigenvalue weighted by Crippen LogP contribution is -2.55. The molecule has 98 valence electrons. The van der Waals surface area contributed by atoms with Crippen molar-refractivity contribution in [3.05, 3.63) is 0 Å². The van der Waals surface area contributed by atoms with E-state index >= 15 is 0 Å². The van der Waals surface area contributed by atoms with E-state index in [4.69, 9.17) is 5.11 Å². The second kappa shape index (κ2) is 4.90. The average molecular weight is 244 g/mol. The van der Waals surface area contributed by atoms with Gasteiger partial charge in [0.2, 0.25) is 5.67 Å². The molecule has 2 heterocycles. The van der Waals surface area contributed by atoms with Gasteiger partial charge in [-0.3, -0.25) is 4.90 Å². The first-order valence-corrected chi connectivity index (χ1v) is 6.36. The summed E-state index contributed by atoms with van der Waals surface area (Å²) in [5, 5.41) is 8.95. The van der Waals surface area contributed by atoms with Crippen molar-refractivity contribution in [3.8, 4) is 0 Å². The molecule has 0 aromatic carbocycles. The fourth-order valence-corrected chi connectivity index (χ4v) is 2.89. The van der Waals surface area contributed by atoms with E-state index in [0.717, 1.165) is 32.5 Å². The highest BCUT2D eigenvalue weighted by Crippen LogP contribution is 2.29. The summed E-state index contributed by atoms with van der Waals surface area (Å²) in [5.74, 6) is -1.30. The minimum absolute atomic E-state index is 0.0662. The number of carboxylic acids is 1. The van der Waals surface area contributed by atoms with Gasteiger partial charge in [-0.25, -0.2) is 9.18 Å². The number of hydrogen-bond acceptors (Lipinski definition) is 3. The number of halogens is 1. The molecule has 0 amide bonds. The van der Waals surface area contributed by atoms with E-state index in [9.17, 15) is 9.18 Å². The standard InChI is InChI=1S/C12H21FN2O2/c1-14-7-3-10(4-8-14)15-6-2-5-12(13,9-15)11(16)17/h10H,2-9H2,1H3,(H,16,17). The summed E-state index contributed by atoms with van der Waals surface area (Å²) in [6.45, 7) is 2.95. The Morgan fingerprint density at radius 1 is 1.35 bits per heavy atom. The molecule has 0 aromatic heterocycles. The number of carboxylic acid groups (broad SMARTS) is 1. The minimum Gasteiger partial charge on any atom is -0.479 e. The summed E-state index contributed by atoms with van der Waals surface area (Å²) in [5.41, 5.74) is -2.03. The topological polar surface area (TPSA) is 43.8 Å². The van der Waals surface area contributed by atoms with Gasteiger partial charge in [0.15, 0.2) is 0 Å². The molecule has 0 spiro atoms. The van der Waals surface area contributed by atoms with E-state index in [-0.39, 0.29) is 13.0 Å². The molecule has 2 fully saturated rings. The van der Waals surface area contributed by atoms with Gasteiger partial charge in [0.1, 0.15) is 0 Å². The molecule has 17 heavy (non-hydrogen) atoms. The number of piperidine rings is 2. The highest BCUT2D eigenvalue weighted by molar-refractivity contribution is 5.77. The van der Waals surface area contributed by atoms with Crippen LogP contribution in [-0.2, 0) is 4.79 Å². The first-order valence-electron chi connectivity index (χ1n) is 6.36. The Morgan fingerprint density at radius 2 is 2.00 bits per heavy atom. The zero-order chi connectivity index (χ0) is 12.5. The van der Waals surface area contributed by atoms with Gasteiger partial charge in [-0.15, -0.1) is 0 Å². The largest absolute Gasteiger partial charge is 0.479 e. The molecule has 1 N–H and O–H groups in total. The number of hydrogen-bond donors (Lipinski definition) is 1. The van der Waals surface area contributed by atoms with Crippen LogP contribution in [-0.4, -0.2) is 65.8 Å². The molecule has 0 aromatic rings. The number of likely N-dealkylation sites (tertiary alicyclic amines) is 2. The van der Waals surface area contributed by atoms with Gasteiger partial charge < -0.3 is 10.0 Å². The third-order valence-electron chi connectivity index (χ3n) is 4.06. The van der Waals surface area contributed by atoms with Gasteiger partial charge in [0.25, 0.3) is 0 Å². The van der Waals surface area contributed by atoms with E-state index in [1.807, 2.05) is 4.90 Å². The number of rotatable bonds is 2. The Hall–Kier alpha value is -0.680. The normalized spacial score (nSPS) is 33.8. The third-order valence-corrected chi connectivity index (χ3v) is 4.06. The zero-order valence-electron chi connectivity index (χ0n) is 10.4. The number of carbonyl (C=O) groups is 1. The van der Waals surface area contributed by atoms with Crippen LogP contribution in [0.1, 0.15) is 25.7 Å². The first-order chi connectivity index (χ1) is 8.01. The van der Waals surface area contributed by atoms with Crippen LogP contribution >= 0.6 is 0 Å². The van der Waals surface area contributed by atoms with Crippen LogP contribution in [0.4, 0.5) is 4.39 Å². The monoisotopic (exact) mass is 244 g/mol. The molecule has 2 saturated heterocycles. The highest BCUT2D eigenvalue weighted by atomic mass is 19.1. The van der Waals surface area contributed by atoms with E-state index in [1.54, 1.807) is 0 Å². The maximum atomic E-state index is 14.1. The lowest BCUT2D eigenvalue weighted by molar-refractivity contribution is -0.155. The van der Waals surface area contributed by atoms with Crippen LogP contribution in [0.3, 0.4) is 0 Å². The molecular weight excluding hydrogens is 223 g/mol. The zero-order valence-corrected chi connectivity index (χ0v) is 10.4. The predicted molar refractivity (Wildman–Crippen MR) is 62.8 cm³/mol. The molecule has 1 atom stereocenters. The highest BCUT2D eigenvalue weighted by Gasteiger charge is 2.44. The van der Waals surface area contributed by atoms with Crippen molar-refractivity contribution >= 4 is 5.97 Å². The lowest BCUT2D eigenvalue weighted by Gasteiger charge is -2.42. The van der Waals surface area contributed by atoms with Gasteiger partial charge in [-0.05, 0) is 52.4 Å². The van der Waals surface area contributed by atoms with Gasteiger partial charge in [-0.2, -0.15) is 0 Å². The Labute approximate surface area is 101 Å². The summed E-state index contributed by atoms with van der Waals surface area (Å²) >= 11 is 0. The number of nitrogens with zero attached hydrogens (tertiary/aromatic N) is 2. The van der Waals surface area contributed by atoms with Crippen molar-refractivity contribution in [1.82, 2.24) is 9.80 Å². The first kappa shape index (κ1) is 12.8. The van der Waals surface area contributed by atoms with Crippen LogP contribution < -0.4 is 0 Å². The van der Waals surface area contributed by atoms with E-state index in [2.05, 4.69) is 11.9 Å². The maximum absolute atomic E-state index is 14.1. The fourth-order valence-electron chi connectivity index (χ4n) is 2.89. The van der Waals surface area contributed by atoms with Crippen molar-refractivity contribution in [2.75, 3.05) is 33.2 Å². The van der Waals surface area contributed by atoms with Crippen LogP contribution in [0.2, 0.25) is 0 Å². The smallest absolute Gasteiger partial charge is 0.342 e. The molecule has 1 unspecified atom stereocenters. The molecule has 0 bridgehead atoms. The van der Waals surface area contributed by atoms with Crippen LogP contribution in [0.25, 0.3) is 0 Å². The van der Waals surface area contributed by atoms with E-state index < -0.39 is 11.6 Å². The van der Waals surface area contributed by atoms with Crippen molar-refractivity contribution in [2.45, 2.75) is 37.4 Å². The quantitative estimate of drug-likeness (QED) is 0.786. The molecule has 4 nitrogen and oxygen atoms in total. The Kier molecular flexibility index (Phi) is 3.68. The molecule has 5 heteroatoms. The molecule has 2 aliphatic rings. The SMILES string of the molecule is CN1CCC(N2CCCC(F)(C(=O)O)C2)CC1. The van der Waals surface area contributed by atoms with Crippen LogP contribution in [0.15, 0.2) is 0 Å². The van der Waals surface area contributed by atoms with Crippen LogP contribution in [0.5, 0.6) is 0 Å². The number of alkyl halides is 1. The summed E-state index contributed by atoms with van der Waals surface area (Å²) in [7, 11) is 2.09. The summed E-state index contributed by atoms with van der Waals surface area (Å²) in [6.07, 6.45) is 2.85. The second-order valence-electron chi connectivity index (χ2n) is 5.38. The number of aliphatic carboxylic acids is 1. The minimum atomic E-state index is -2.03. The maximum Gasteiger partial charge on any atom is 0.342 e. The van der Waals surface area contributed by atoms with Crippen molar-refractivity contribution in [2.24, 2.45) is 0 Å². The Balaban J connectivity index is 1.95. The summed E-state index contributed by atoms with van der Waals surface area (Å²) < 4.78 is 14.1. The summed E-state index contributed by atoms with van der Waals surface area (Å²) in [6, 6.07) is 0.362. The average Bonchev–Trinajstić information content (AvgIpc) is 2.30. The van der Waals surface area contributed by atoms with Crippen molar-refractivity contribution in [1.29, 1.82) is 0 Å². The third kappa shape index (κ3) is 2.77. The van der Waals surface area contributed by atoms with Gasteiger partial charge >= 0.3 is 5.97 Å². The van der Waals surface area contributed by atoms with Gasteiger partial charge in [0, 0.05) is 12.6 Å². The van der Waals surface area contributed by atoms with Crippen molar-refractivity contribution in [3.63, 3.8) is 0 Å². The molecule has 2 rings (SSSR count). The molecule has 2 aliphatic heterocycles. The second-order valence-corrected chi connectivity index (χ2v) is 5.38. The predicted octanol–water partition coefficient (Wildman–Crippen LogP) is 0.969. The van der Waals surface area contributed by atoms with Gasteiger partial charge in [0.05, 0.1) is 0 Å². The van der Waals surface area contributed by atoms with Gasteiger partial charge in [-0.1, -0.05) is 0 Å². The molecular formula is C12H21FN2O2. The van der Waals surface area contributed by atoms with Crippen molar-refractivity contribution < 1.29 is 14.3 Å². The van der Waals surface area contributed by atoms with E-state index in [0.29, 0.717) is 12.5 Å². The fraction of sp³-hybridized carbons (Fsp3) is 0.917. The molecule has 0 radical (unpaired) electrons. The molecule has 0 saturated carbocycles. The Morgan fingerprint density at radius 3 is 2.59 bits per heavy atom. The Bertz CT molecular complexity index is 292. The van der Waals surface area contributed by atoms with Crippen LogP contribution in [0, 0.1) is 0 Å². The molecule has 0 aliphatic carbocycles. The summed E-state index contributed by atoms with van der Waals surface area (Å²) in [4.78, 5) is 15.3.